The first-order chi connectivity index (χ1) is 18.3. The Bertz CT molecular complexity index is 1060. The summed E-state index contributed by atoms with van der Waals surface area (Å²) in [4.78, 5) is 41.6. The molecule has 0 bridgehead atoms. The molecule has 9 N–H and O–H groups in total. The van der Waals surface area contributed by atoms with Crippen LogP contribution in [0.25, 0.3) is 0 Å². The van der Waals surface area contributed by atoms with Gasteiger partial charge in [0.15, 0.2) is 18.3 Å². The van der Waals surface area contributed by atoms with E-state index in [0.717, 1.165) is 0 Å². The van der Waals surface area contributed by atoms with Gasteiger partial charge in [0.25, 0.3) is 10.9 Å². The number of anilines is 1. The van der Waals surface area contributed by atoms with E-state index in [0.29, 0.717) is 0 Å². The minimum Gasteiger partial charge on any atom is -0.488 e. The van der Waals surface area contributed by atoms with Gasteiger partial charge in [-0.25, -0.2) is 0 Å². The monoisotopic (exact) mass is 587 g/mol. The molecule has 3 rings (SSSR count). The zero-order chi connectivity index (χ0) is 29.1. The first-order valence-electron chi connectivity index (χ1n) is 12.1. The highest BCUT2D eigenvalue weighted by Gasteiger charge is 2.51. The molecule has 2 fully saturated rings. The third-order valence-electron chi connectivity index (χ3n) is 6.33. The van der Waals surface area contributed by atoms with Crippen LogP contribution >= 0.6 is 7.60 Å². The summed E-state index contributed by atoms with van der Waals surface area (Å²) in [6.07, 6.45) is -17.6. The third-order valence-corrected chi connectivity index (χ3v) is 7.17. The van der Waals surface area contributed by atoms with Gasteiger partial charge in [-0.05, 0) is 13.3 Å². The fourth-order valence-corrected chi connectivity index (χ4v) is 4.81. The smallest absolute Gasteiger partial charge is 0.325 e. The summed E-state index contributed by atoms with van der Waals surface area (Å²) in [7, 11) is -4.49. The first kappa shape index (κ1) is 32.0. The predicted octanol–water partition coefficient (Wildman–Crippen LogP) is -4.69. The lowest BCUT2D eigenvalue weighted by Crippen LogP contribution is -2.64. The summed E-state index contributed by atoms with van der Waals surface area (Å²) < 4.78 is 38.4. The van der Waals surface area contributed by atoms with Gasteiger partial charge < -0.3 is 69.4 Å². The minimum atomic E-state index is -4.49. The Hall–Kier alpha value is -1.57. The van der Waals surface area contributed by atoms with Crippen LogP contribution in [0.5, 0.6) is 5.75 Å². The molecule has 1 aromatic carbocycles. The van der Waals surface area contributed by atoms with E-state index in [-0.39, 0.29) is 31.2 Å². The van der Waals surface area contributed by atoms with E-state index in [1.807, 2.05) is 0 Å². The van der Waals surface area contributed by atoms with Crippen molar-refractivity contribution in [1.29, 1.82) is 0 Å². The van der Waals surface area contributed by atoms with Gasteiger partial charge in [-0.1, -0.05) is 0 Å². The van der Waals surface area contributed by atoms with Crippen molar-refractivity contribution >= 4 is 13.3 Å². The zero-order valence-corrected chi connectivity index (χ0v) is 21.7. The highest BCUT2D eigenvalue weighted by atomic mass is 31.2. The van der Waals surface area contributed by atoms with Crippen LogP contribution in [-0.2, 0) is 23.5 Å². The van der Waals surface area contributed by atoms with Crippen LogP contribution in [0.15, 0.2) is 9.59 Å². The first-order valence-corrected chi connectivity index (χ1v) is 13.9. The molecule has 0 amide bonds. The van der Waals surface area contributed by atoms with E-state index in [4.69, 9.17) is 33.5 Å². The summed E-state index contributed by atoms with van der Waals surface area (Å²) in [5.41, 5.74) is -1.59. The highest BCUT2D eigenvalue weighted by Crippen LogP contribution is 2.38. The van der Waals surface area contributed by atoms with Crippen LogP contribution in [0.1, 0.15) is 13.3 Å². The van der Waals surface area contributed by atoms with Crippen molar-refractivity contribution in [1.82, 2.24) is 0 Å². The van der Waals surface area contributed by atoms with Crippen LogP contribution in [0.3, 0.4) is 0 Å². The quantitative estimate of drug-likeness (QED) is 0.0596. The molecule has 0 aliphatic carbocycles. The molecule has 0 spiro atoms. The molecule has 0 aromatic heterocycles. The number of ether oxygens (including phenoxy) is 5. The van der Waals surface area contributed by atoms with E-state index >= 15 is 0 Å². The van der Waals surface area contributed by atoms with Gasteiger partial charge in [-0.3, -0.25) is 14.2 Å². The zero-order valence-electron chi connectivity index (χ0n) is 20.8. The van der Waals surface area contributed by atoms with Crippen molar-refractivity contribution in [2.45, 2.75) is 74.8 Å². The van der Waals surface area contributed by atoms with E-state index in [1.165, 1.54) is 0 Å². The van der Waals surface area contributed by atoms with Crippen molar-refractivity contribution in [2.24, 2.45) is 0 Å². The second kappa shape index (κ2) is 13.4. The molecule has 10 atom stereocenters. The number of rotatable bonds is 13. The Labute approximate surface area is 221 Å². The Balaban J connectivity index is 1.68. The van der Waals surface area contributed by atoms with Gasteiger partial charge in [0.05, 0.1) is 32.1 Å². The molecule has 0 radical (unpaired) electrons. The predicted molar refractivity (Wildman–Crippen MR) is 128 cm³/mol. The number of aliphatic hydroxyl groups is 6. The van der Waals surface area contributed by atoms with Gasteiger partial charge in [-0.2, -0.15) is 0 Å². The Morgan fingerprint density at radius 1 is 0.897 bits per heavy atom. The maximum atomic E-state index is 11.7. The fraction of sp³-hybridized carbons (Fsp3) is 0.810. The average molecular weight is 587 g/mol. The molecule has 18 heteroatoms. The van der Waals surface area contributed by atoms with Crippen molar-refractivity contribution in [3.63, 3.8) is 0 Å². The van der Waals surface area contributed by atoms with E-state index in [1.54, 1.807) is 6.92 Å². The standard InChI is InChI=1S/C21H34NO16P/c1-2-34-18-10(13(26)16(18)29)22-4-5-35-21-19(15(28)12(25)9(7-23)37-21)38-20-17(30)14(27)11(24)8(36-20)3-6-39(31,32)33/h8-9,11-12,14-15,17,19-25,27-28,30H,2-7H2,1H3,(H2,31,32,33)/t8?,9?,11-,12-,14+,15+,17?,19?,20-,21+/m1/s1. The Kier molecular flexibility index (Phi) is 11.0. The lowest BCUT2D eigenvalue weighted by Gasteiger charge is -2.46. The number of aliphatic hydroxyl groups excluding tert-OH is 6. The Morgan fingerprint density at radius 2 is 1.54 bits per heavy atom. The topological polar surface area (TPSA) is 271 Å². The van der Waals surface area contributed by atoms with Crippen LogP contribution in [0, 0.1) is 0 Å². The Morgan fingerprint density at radius 3 is 2.15 bits per heavy atom. The van der Waals surface area contributed by atoms with Gasteiger partial charge in [0.2, 0.25) is 0 Å². The molecule has 2 aliphatic heterocycles. The van der Waals surface area contributed by atoms with Crippen LogP contribution in [0.2, 0.25) is 0 Å². The van der Waals surface area contributed by atoms with E-state index in [9.17, 15) is 44.8 Å². The molecule has 39 heavy (non-hydrogen) atoms. The fourth-order valence-electron chi connectivity index (χ4n) is 4.22. The summed E-state index contributed by atoms with van der Waals surface area (Å²) in [5, 5.41) is 63.9. The maximum Gasteiger partial charge on any atom is 0.325 e. The molecule has 1 aromatic rings. The van der Waals surface area contributed by atoms with Crippen molar-refractivity contribution in [2.75, 3.05) is 37.8 Å². The van der Waals surface area contributed by atoms with Crippen molar-refractivity contribution in [3.8, 4) is 5.75 Å². The van der Waals surface area contributed by atoms with Crippen molar-refractivity contribution in [3.05, 3.63) is 20.4 Å². The maximum absolute atomic E-state index is 11.7. The largest absolute Gasteiger partial charge is 0.488 e. The third kappa shape index (κ3) is 7.39. The van der Waals surface area contributed by atoms with E-state index < -0.39 is 99.1 Å². The van der Waals surface area contributed by atoms with E-state index in [2.05, 4.69) is 5.32 Å². The highest BCUT2D eigenvalue weighted by molar-refractivity contribution is 7.51. The normalized spacial score (nSPS) is 35.7. The number of nitrogens with one attached hydrogen (secondary N) is 1. The molecular weight excluding hydrogens is 553 g/mol. The molecule has 2 saturated heterocycles. The summed E-state index contributed by atoms with van der Waals surface area (Å²) >= 11 is 0. The van der Waals surface area contributed by atoms with Crippen LogP contribution in [-0.4, -0.2) is 134 Å². The lowest BCUT2D eigenvalue weighted by molar-refractivity contribution is -0.365. The molecule has 224 valence electrons. The van der Waals surface area contributed by atoms with Gasteiger partial charge in [0, 0.05) is 6.54 Å². The second-order valence-electron chi connectivity index (χ2n) is 9.09. The van der Waals surface area contributed by atoms with Gasteiger partial charge >= 0.3 is 7.60 Å². The second-order valence-corrected chi connectivity index (χ2v) is 10.9. The molecule has 0 saturated carbocycles. The summed E-state index contributed by atoms with van der Waals surface area (Å²) in [5.74, 6) is -0.117. The average Bonchev–Trinajstić information content (AvgIpc) is 2.89. The molecule has 2 heterocycles. The summed E-state index contributed by atoms with van der Waals surface area (Å²) in [6.45, 7) is 0.791. The molecule has 4 unspecified atom stereocenters. The SMILES string of the molecule is CCOc1c(NCCO[C@H]2OC(CO)[C@@H](O)[C@H](O)C2O[C@H]2OC(CCP(=O)(O)O)[C@@H](O)[C@H](O)C2O)c(=O)c1=O. The van der Waals surface area contributed by atoms with Gasteiger partial charge in [0.1, 0.15) is 48.4 Å². The van der Waals surface area contributed by atoms with Crippen molar-refractivity contribution < 1.29 is 68.7 Å². The molecule has 17 nitrogen and oxygen atoms in total. The van der Waals surface area contributed by atoms with Crippen LogP contribution < -0.4 is 20.9 Å². The number of hydrogen-bond acceptors (Lipinski definition) is 15. The lowest BCUT2D eigenvalue weighted by atomic mass is 9.96. The minimum absolute atomic E-state index is 0.0425. The molecular formula is C21H34NO16P. The molecule has 2 aliphatic rings. The summed E-state index contributed by atoms with van der Waals surface area (Å²) in [6, 6.07) is 0. The van der Waals surface area contributed by atoms with Gasteiger partial charge in [-0.15, -0.1) is 0 Å². The van der Waals surface area contributed by atoms with Crippen LogP contribution in [0.4, 0.5) is 5.69 Å². The number of hydrogen-bond donors (Lipinski definition) is 9.